The van der Waals surface area contributed by atoms with E-state index in [4.69, 9.17) is 11.1 Å². The first kappa shape index (κ1) is 14.1. The molecule has 2 unspecified atom stereocenters. The van der Waals surface area contributed by atoms with Crippen molar-refractivity contribution in [3.63, 3.8) is 0 Å². The minimum absolute atomic E-state index is 0.271. The Balaban J connectivity index is 2.15. The van der Waals surface area contributed by atoms with Gasteiger partial charge in [0, 0.05) is 19.0 Å². The van der Waals surface area contributed by atoms with Gasteiger partial charge in [-0.25, -0.2) is 0 Å². The van der Waals surface area contributed by atoms with E-state index in [-0.39, 0.29) is 11.9 Å². The van der Waals surface area contributed by atoms with Crippen LogP contribution in [0.3, 0.4) is 0 Å². The minimum atomic E-state index is 0.271. The maximum atomic E-state index is 7.64. The zero-order valence-corrected chi connectivity index (χ0v) is 11.8. The third-order valence-corrected chi connectivity index (χ3v) is 4.17. The predicted molar refractivity (Wildman–Crippen MR) is 80.3 cm³/mol. The second-order valence-corrected chi connectivity index (χ2v) is 5.57. The lowest BCUT2D eigenvalue weighted by Crippen LogP contribution is -2.39. The second kappa shape index (κ2) is 6.71. The Bertz CT molecular complexity index is 402. The van der Waals surface area contributed by atoms with E-state index in [0.717, 1.165) is 19.0 Å². The molecule has 0 radical (unpaired) electrons. The van der Waals surface area contributed by atoms with Crippen molar-refractivity contribution >= 4 is 5.84 Å². The SMILES string of the molecule is CCC1CCCN(C(CC(=N)N)c2ccccc2)C1. The van der Waals surface area contributed by atoms with Crippen LogP contribution in [0.5, 0.6) is 0 Å². The molecule has 0 spiro atoms. The number of nitrogens with one attached hydrogen (secondary N) is 1. The van der Waals surface area contributed by atoms with Gasteiger partial charge in [-0.3, -0.25) is 10.3 Å². The molecule has 0 aromatic heterocycles. The molecule has 2 rings (SSSR count). The van der Waals surface area contributed by atoms with Crippen LogP contribution < -0.4 is 5.73 Å². The van der Waals surface area contributed by atoms with Gasteiger partial charge < -0.3 is 5.73 Å². The van der Waals surface area contributed by atoms with E-state index in [2.05, 4.69) is 36.1 Å². The fraction of sp³-hybridized carbons (Fsp3) is 0.562. The Kier molecular flexibility index (Phi) is 4.97. The van der Waals surface area contributed by atoms with Crippen LogP contribution in [-0.2, 0) is 0 Å². The second-order valence-electron chi connectivity index (χ2n) is 5.57. The van der Waals surface area contributed by atoms with E-state index >= 15 is 0 Å². The van der Waals surface area contributed by atoms with Crippen LogP contribution in [0.25, 0.3) is 0 Å². The number of nitrogens with zero attached hydrogens (tertiary/aromatic N) is 1. The molecular weight excluding hydrogens is 234 g/mol. The van der Waals surface area contributed by atoms with Crippen molar-refractivity contribution in [3.8, 4) is 0 Å². The summed E-state index contributed by atoms with van der Waals surface area (Å²) >= 11 is 0. The summed E-state index contributed by atoms with van der Waals surface area (Å²) in [5.74, 6) is 1.08. The zero-order chi connectivity index (χ0) is 13.7. The molecule has 2 atom stereocenters. The molecule has 0 aliphatic carbocycles. The first-order valence-electron chi connectivity index (χ1n) is 7.32. The lowest BCUT2D eigenvalue weighted by molar-refractivity contribution is 0.123. The first-order valence-corrected chi connectivity index (χ1v) is 7.32. The average molecular weight is 259 g/mol. The van der Waals surface area contributed by atoms with E-state index in [1.54, 1.807) is 0 Å². The molecule has 1 aliphatic rings. The molecule has 0 saturated carbocycles. The van der Waals surface area contributed by atoms with Crippen molar-refractivity contribution in [1.82, 2.24) is 4.90 Å². The normalized spacial score (nSPS) is 22.1. The van der Waals surface area contributed by atoms with Crippen LogP contribution >= 0.6 is 0 Å². The highest BCUT2D eigenvalue weighted by Gasteiger charge is 2.26. The Morgan fingerprint density at radius 2 is 2.16 bits per heavy atom. The fourth-order valence-electron chi connectivity index (χ4n) is 3.05. The Hall–Kier alpha value is -1.35. The predicted octanol–water partition coefficient (Wildman–Crippen LogP) is 3.18. The minimum Gasteiger partial charge on any atom is -0.388 e. The van der Waals surface area contributed by atoms with Crippen molar-refractivity contribution < 1.29 is 0 Å². The summed E-state index contributed by atoms with van der Waals surface area (Å²) in [7, 11) is 0. The number of benzene rings is 1. The maximum Gasteiger partial charge on any atom is 0.0924 e. The standard InChI is InChI=1S/C16H25N3/c1-2-13-7-6-10-19(12-13)15(11-16(17)18)14-8-4-3-5-9-14/h3-5,8-9,13,15H,2,6-7,10-12H2,1H3,(H3,17,18). The molecule has 1 fully saturated rings. The smallest absolute Gasteiger partial charge is 0.0924 e. The number of hydrogen-bond donors (Lipinski definition) is 2. The van der Waals surface area contributed by atoms with Crippen molar-refractivity contribution in [1.29, 1.82) is 5.41 Å². The highest BCUT2D eigenvalue weighted by molar-refractivity contribution is 5.77. The van der Waals surface area contributed by atoms with Crippen LogP contribution in [-0.4, -0.2) is 23.8 Å². The largest absolute Gasteiger partial charge is 0.388 e. The van der Waals surface area contributed by atoms with Gasteiger partial charge in [-0.1, -0.05) is 43.7 Å². The van der Waals surface area contributed by atoms with E-state index < -0.39 is 0 Å². The van der Waals surface area contributed by atoms with Gasteiger partial charge in [-0.05, 0) is 30.9 Å². The molecule has 19 heavy (non-hydrogen) atoms. The molecule has 1 saturated heterocycles. The van der Waals surface area contributed by atoms with Gasteiger partial charge in [-0.15, -0.1) is 0 Å². The summed E-state index contributed by atoms with van der Waals surface area (Å²) in [5.41, 5.74) is 6.95. The third kappa shape index (κ3) is 3.80. The molecule has 3 nitrogen and oxygen atoms in total. The molecule has 3 N–H and O–H groups in total. The molecule has 0 amide bonds. The van der Waals surface area contributed by atoms with Crippen molar-refractivity contribution in [2.24, 2.45) is 11.7 Å². The summed E-state index contributed by atoms with van der Waals surface area (Å²) in [6.45, 7) is 4.54. The lowest BCUT2D eigenvalue weighted by atomic mass is 9.92. The van der Waals surface area contributed by atoms with E-state index in [9.17, 15) is 0 Å². The quantitative estimate of drug-likeness (QED) is 0.630. The topological polar surface area (TPSA) is 53.1 Å². The van der Waals surface area contributed by atoms with Crippen LogP contribution in [0.2, 0.25) is 0 Å². The fourth-order valence-corrected chi connectivity index (χ4v) is 3.05. The van der Waals surface area contributed by atoms with Gasteiger partial charge in [0.15, 0.2) is 0 Å². The van der Waals surface area contributed by atoms with Gasteiger partial charge in [0.2, 0.25) is 0 Å². The molecule has 1 aromatic carbocycles. The summed E-state index contributed by atoms with van der Waals surface area (Å²) in [6.07, 6.45) is 4.49. The van der Waals surface area contributed by atoms with Crippen LogP contribution in [0.15, 0.2) is 30.3 Å². The number of amidine groups is 1. The van der Waals surface area contributed by atoms with E-state index in [1.807, 2.05) is 6.07 Å². The van der Waals surface area contributed by atoms with Crippen LogP contribution in [0.4, 0.5) is 0 Å². The van der Waals surface area contributed by atoms with Gasteiger partial charge in [0.05, 0.1) is 5.84 Å². The molecule has 0 bridgehead atoms. The molecule has 3 heteroatoms. The maximum absolute atomic E-state index is 7.64. The highest BCUT2D eigenvalue weighted by atomic mass is 15.2. The zero-order valence-electron chi connectivity index (χ0n) is 11.8. The number of nitrogens with two attached hydrogens (primary N) is 1. The Labute approximate surface area is 116 Å². The summed E-state index contributed by atoms with van der Waals surface area (Å²) in [5, 5.41) is 7.64. The van der Waals surface area contributed by atoms with Crippen molar-refractivity contribution in [3.05, 3.63) is 35.9 Å². The van der Waals surface area contributed by atoms with Crippen LogP contribution in [0.1, 0.15) is 44.2 Å². The number of likely N-dealkylation sites (tertiary alicyclic amines) is 1. The monoisotopic (exact) mass is 259 g/mol. The number of piperidine rings is 1. The number of rotatable bonds is 5. The summed E-state index contributed by atoms with van der Waals surface area (Å²) < 4.78 is 0. The van der Waals surface area contributed by atoms with Gasteiger partial charge in [0.25, 0.3) is 0 Å². The van der Waals surface area contributed by atoms with Crippen molar-refractivity contribution in [2.45, 2.75) is 38.6 Å². The molecular formula is C16H25N3. The van der Waals surface area contributed by atoms with Gasteiger partial charge in [0.1, 0.15) is 0 Å². The first-order chi connectivity index (χ1) is 9.20. The summed E-state index contributed by atoms with van der Waals surface area (Å²) in [4.78, 5) is 2.52. The molecule has 1 aliphatic heterocycles. The molecule has 1 heterocycles. The van der Waals surface area contributed by atoms with E-state index in [0.29, 0.717) is 6.42 Å². The van der Waals surface area contributed by atoms with Crippen molar-refractivity contribution in [2.75, 3.05) is 13.1 Å². The average Bonchev–Trinajstić information content (AvgIpc) is 2.45. The number of hydrogen-bond acceptors (Lipinski definition) is 2. The summed E-state index contributed by atoms with van der Waals surface area (Å²) in [6, 6.07) is 10.8. The Morgan fingerprint density at radius 1 is 1.42 bits per heavy atom. The molecule has 1 aromatic rings. The Morgan fingerprint density at radius 3 is 2.79 bits per heavy atom. The lowest BCUT2D eigenvalue weighted by Gasteiger charge is -2.38. The molecule has 104 valence electrons. The van der Waals surface area contributed by atoms with Gasteiger partial charge in [-0.2, -0.15) is 0 Å². The third-order valence-electron chi connectivity index (χ3n) is 4.17. The van der Waals surface area contributed by atoms with Crippen LogP contribution in [0, 0.1) is 11.3 Å². The highest BCUT2D eigenvalue weighted by Crippen LogP contribution is 2.30. The van der Waals surface area contributed by atoms with Gasteiger partial charge >= 0.3 is 0 Å². The van der Waals surface area contributed by atoms with E-state index in [1.165, 1.54) is 24.8 Å².